The highest BCUT2D eigenvalue weighted by atomic mass is 16.1. The highest BCUT2D eigenvalue weighted by Gasteiger charge is 2.26. The molecule has 0 saturated carbocycles. The monoisotopic (exact) mass is 217 g/mol. The Balaban J connectivity index is 2.96. The molecule has 1 N–H and O–H groups in total. The fraction of sp³-hybridized carbons (Fsp3) is 0.357. The zero-order chi connectivity index (χ0) is 12.0. The van der Waals surface area contributed by atoms with Crippen LogP contribution in [0.3, 0.4) is 0 Å². The summed E-state index contributed by atoms with van der Waals surface area (Å²) in [5.41, 5.74) is 0.827. The maximum Gasteiger partial charge on any atom is 0.244 e. The fourth-order valence-corrected chi connectivity index (χ4v) is 1.91. The van der Waals surface area contributed by atoms with Gasteiger partial charge < -0.3 is 5.32 Å². The molecule has 1 aromatic carbocycles. The second-order valence-electron chi connectivity index (χ2n) is 4.14. The quantitative estimate of drug-likeness (QED) is 0.755. The lowest BCUT2D eigenvalue weighted by molar-refractivity contribution is -0.118. The van der Waals surface area contributed by atoms with E-state index in [1.165, 1.54) is 6.08 Å². The average molecular weight is 217 g/mol. The Kier molecular flexibility index (Phi) is 4.29. The van der Waals surface area contributed by atoms with Gasteiger partial charge in [0.05, 0.1) is 5.54 Å². The van der Waals surface area contributed by atoms with Crippen LogP contribution >= 0.6 is 0 Å². The SMILES string of the molecule is C=CC(=O)NC(C)(CCC)c1ccccc1. The first-order valence-electron chi connectivity index (χ1n) is 5.62. The number of rotatable bonds is 5. The van der Waals surface area contributed by atoms with E-state index in [-0.39, 0.29) is 11.4 Å². The van der Waals surface area contributed by atoms with Gasteiger partial charge in [0.25, 0.3) is 0 Å². The van der Waals surface area contributed by atoms with Crippen LogP contribution in [0, 0.1) is 0 Å². The molecule has 0 aliphatic rings. The van der Waals surface area contributed by atoms with Crippen molar-refractivity contribution >= 4 is 5.91 Å². The third-order valence-corrected chi connectivity index (χ3v) is 2.75. The molecular weight excluding hydrogens is 198 g/mol. The normalized spacial score (nSPS) is 13.9. The van der Waals surface area contributed by atoms with Crippen LogP contribution < -0.4 is 5.32 Å². The molecule has 0 aliphatic heterocycles. The molecule has 1 aromatic rings. The zero-order valence-electron chi connectivity index (χ0n) is 9.99. The lowest BCUT2D eigenvalue weighted by Crippen LogP contribution is -2.42. The van der Waals surface area contributed by atoms with Gasteiger partial charge in [-0.25, -0.2) is 0 Å². The van der Waals surface area contributed by atoms with Gasteiger partial charge in [0, 0.05) is 0 Å². The van der Waals surface area contributed by atoms with Crippen LogP contribution in [0.25, 0.3) is 0 Å². The highest BCUT2D eigenvalue weighted by Crippen LogP contribution is 2.25. The molecule has 1 amide bonds. The first kappa shape index (κ1) is 12.5. The van der Waals surface area contributed by atoms with Crippen molar-refractivity contribution in [2.24, 2.45) is 0 Å². The van der Waals surface area contributed by atoms with Crippen molar-refractivity contribution in [2.45, 2.75) is 32.2 Å². The lowest BCUT2D eigenvalue weighted by Gasteiger charge is -2.30. The molecule has 0 bridgehead atoms. The molecule has 2 nitrogen and oxygen atoms in total. The maximum atomic E-state index is 11.4. The lowest BCUT2D eigenvalue weighted by atomic mass is 9.87. The summed E-state index contributed by atoms with van der Waals surface area (Å²) < 4.78 is 0. The Labute approximate surface area is 97.4 Å². The van der Waals surface area contributed by atoms with Crippen molar-refractivity contribution in [1.29, 1.82) is 0 Å². The molecule has 0 spiro atoms. The second-order valence-corrected chi connectivity index (χ2v) is 4.14. The van der Waals surface area contributed by atoms with Crippen LogP contribution in [-0.4, -0.2) is 5.91 Å². The van der Waals surface area contributed by atoms with E-state index in [1.54, 1.807) is 0 Å². The molecule has 0 saturated heterocycles. The predicted octanol–water partition coefficient (Wildman–Crippen LogP) is 3.00. The minimum Gasteiger partial charge on any atom is -0.343 e. The van der Waals surface area contributed by atoms with E-state index in [4.69, 9.17) is 0 Å². The van der Waals surface area contributed by atoms with Crippen LogP contribution in [-0.2, 0) is 10.3 Å². The summed E-state index contributed by atoms with van der Waals surface area (Å²) in [6.07, 6.45) is 3.25. The third-order valence-electron chi connectivity index (χ3n) is 2.75. The molecule has 16 heavy (non-hydrogen) atoms. The van der Waals surface area contributed by atoms with Gasteiger partial charge in [0.1, 0.15) is 0 Å². The first-order valence-corrected chi connectivity index (χ1v) is 5.62. The summed E-state index contributed by atoms with van der Waals surface area (Å²) in [5, 5.41) is 3.00. The first-order chi connectivity index (χ1) is 7.62. The average Bonchev–Trinajstić information content (AvgIpc) is 2.30. The number of hydrogen-bond acceptors (Lipinski definition) is 1. The Morgan fingerprint density at radius 3 is 2.56 bits per heavy atom. The minimum atomic E-state index is -0.304. The van der Waals surface area contributed by atoms with Crippen molar-refractivity contribution in [2.75, 3.05) is 0 Å². The van der Waals surface area contributed by atoms with Gasteiger partial charge in [0.2, 0.25) is 5.91 Å². The Hall–Kier alpha value is -1.57. The topological polar surface area (TPSA) is 29.1 Å². The van der Waals surface area contributed by atoms with Crippen LogP contribution in [0.5, 0.6) is 0 Å². The van der Waals surface area contributed by atoms with E-state index in [1.807, 2.05) is 37.3 Å². The molecule has 0 aromatic heterocycles. The van der Waals surface area contributed by atoms with Crippen LogP contribution in [0.2, 0.25) is 0 Å². The summed E-state index contributed by atoms with van der Waals surface area (Å²) in [6.45, 7) is 7.65. The van der Waals surface area contributed by atoms with Gasteiger partial charge in [-0.05, 0) is 25.0 Å². The number of benzene rings is 1. The summed E-state index contributed by atoms with van der Waals surface area (Å²) in [7, 11) is 0. The van der Waals surface area contributed by atoms with Gasteiger partial charge in [-0.3, -0.25) is 4.79 Å². The van der Waals surface area contributed by atoms with Gasteiger partial charge >= 0.3 is 0 Å². The van der Waals surface area contributed by atoms with E-state index in [2.05, 4.69) is 18.8 Å². The molecule has 0 aliphatic carbocycles. The number of carbonyl (C=O) groups excluding carboxylic acids is 1. The molecule has 1 unspecified atom stereocenters. The Bertz CT molecular complexity index is 358. The van der Waals surface area contributed by atoms with E-state index in [9.17, 15) is 4.79 Å². The fourth-order valence-electron chi connectivity index (χ4n) is 1.91. The largest absolute Gasteiger partial charge is 0.343 e. The van der Waals surface area contributed by atoms with E-state index < -0.39 is 0 Å². The van der Waals surface area contributed by atoms with Crippen LogP contribution in [0.1, 0.15) is 32.3 Å². The minimum absolute atomic E-state index is 0.125. The number of carbonyl (C=O) groups is 1. The molecule has 1 rings (SSSR count). The number of nitrogens with one attached hydrogen (secondary N) is 1. The third kappa shape index (κ3) is 2.96. The van der Waals surface area contributed by atoms with Gasteiger partial charge in [-0.1, -0.05) is 50.3 Å². The molecule has 0 fully saturated rings. The molecule has 0 radical (unpaired) electrons. The zero-order valence-corrected chi connectivity index (χ0v) is 9.99. The van der Waals surface area contributed by atoms with Crippen LogP contribution in [0.15, 0.2) is 43.0 Å². The summed E-state index contributed by atoms with van der Waals surface area (Å²) in [4.78, 5) is 11.4. The molecule has 2 heteroatoms. The van der Waals surface area contributed by atoms with Gasteiger partial charge in [-0.2, -0.15) is 0 Å². The van der Waals surface area contributed by atoms with Crippen molar-refractivity contribution < 1.29 is 4.79 Å². The van der Waals surface area contributed by atoms with Crippen molar-refractivity contribution in [1.82, 2.24) is 5.32 Å². The number of hydrogen-bond donors (Lipinski definition) is 1. The van der Waals surface area contributed by atoms with Crippen LogP contribution in [0.4, 0.5) is 0 Å². The summed E-state index contributed by atoms with van der Waals surface area (Å²) in [6, 6.07) is 10.0. The highest BCUT2D eigenvalue weighted by molar-refractivity contribution is 5.87. The van der Waals surface area contributed by atoms with E-state index in [0.29, 0.717) is 0 Å². The maximum absolute atomic E-state index is 11.4. The molecule has 1 atom stereocenters. The van der Waals surface area contributed by atoms with E-state index in [0.717, 1.165) is 18.4 Å². The summed E-state index contributed by atoms with van der Waals surface area (Å²) >= 11 is 0. The molecule has 0 heterocycles. The van der Waals surface area contributed by atoms with E-state index >= 15 is 0 Å². The van der Waals surface area contributed by atoms with Crippen molar-refractivity contribution in [3.63, 3.8) is 0 Å². The molecular formula is C14H19NO. The van der Waals surface area contributed by atoms with Crippen molar-refractivity contribution in [3.05, 3.63) is 48.6 Å². The Morgan fingerprint density at radius 2 is 2.06 bits per heavy atom. The van der Waals surface area contributed by atoms with Gasteiger partial charge in [0.15, 0.2) is 0 Å². The Morgan fingerprint density at radius 1 is 1.44 bits per heavy atom. The standard InChI is InChI=1S/C14H19NO/c1-4-11-14(3,15-13(16)5-2)12-9-7-6-8-10-12/h5-10H,2,4,11H2,1,3H3,(H,15,16). The van der Waals surface area contributed by atoms with Crippen molar-refractivity contribution in [3.8, 4) is 0 Å². The van der Waals surface area contributed by atoms with Gasteiger partial charge in [-0.15, -0.1) is 0 Å². The smallest absolute Gasteiger partial charge is 0.244 e. The number of amides is 1. The molecule has 86 valence electrons. The summed E-state index contributed by atoms with van der Waals surface area (Å²) in [5.74, 6) is -0.125. The second kappa shape index (κ2) is 5.50. The predicted molar refractivity (Wildman–Crippen MR) is 67.0 cm³/mol.